The van der Waals surface area contributed by atoms with Crippen molar-refractivity contribution in [1.82, 2.24) is 0 Å². The predicted molar refractivity (Wildman–Crippen MR) is 130 cm³/mol. The first kappa shape index (κ1) is 18.2. The van der Waals surface area contributed by atoms with Crippen molar-refractivity contribution in [2.75, 3.05) is 0 Å². The maximum atomic E-state index is 4.21. The molecule has 0 aromatic heterocycles. The maximum Gasteiger partial charge on any atom is -0.00822 e. The molecule has 2 atom stereocenters. The molecule has 28 heavy (non-hydrogen) atoms. The van der Waals surface area contributed by atoms with Gasteiger partial charge in [-0.1, -0.05) is 61.2 Å². The Bertz CT molecular complexity index is 1080. The summed E-state index contributed by atoms with van der Waals surface area (Å²) in [6.45, 7) is 4.21. The summed E-state index contributed by atoms with van der Waals surface area (Å²) in [5, 5.41) is 2.92. The lowest BCUT2D eigenvalue weighted by molar-refractivity contribution is 0.526. The summed E-state index contributed by atoms with van der Waals surface area (Å²) in [4.78, 5) is 0. The molecule has 2 bridgehead atoms. The predicted octanol–water partition coefficient (Wildman–Crippen LogP) is 8.37. The first-order valence-corrected chi connectivity index (χ1v) is 11.4. The molecule has 0 radical (unpaired) electrons. The smallest absolute Gasteiger partial charge is 0.00822 e. The molecule has 0 saturated carbocycles. The van der Waals surface area contributed by atoms with Crippen molar-refractivity contribution >= 4 is 38.9 Å². The molecule has 0 amide bonds. The Morgan fingerprint density at radius 3 is 2.75 bits per heavy atom. The van der Waals surface area contributed by atoms with Crippen molar-refractivity contribution in [2.24, 2.45) is 0 Å². The minimum absolute atomic E-state index is 0.585. The molecule has 2 aromatic rings. The molecule has 0 spiro atoms. The number of rotatable bonds is 1. The average molecular weight is 476 g/mol. The normalized spacial score (nSPS) is 27.1. The van der Waals surface area contributed by atoms with Gasteiger partial charge in [0.2, 0.25) is 0 Å². The van der Waals surface area contributed by atoms with Crippen LogP contribution in [0.3, 0.4) is 0 Å². The second-order valence-electron chi connectivity index (χ2n) is 8.29. The van der Waals surface area contributed by atoms with Crippen LogP contribution in [-0.4, -0.2) is 0 Å². The van der Waals surface area contributed by atoms with Crippen LogP contribution >= 0.6 is 22.6 Å². The summed E-state index contributed by atoms with van der Waals surface area (Å²) in [5.74, 6) is 1.19. The summed E-state index contributed by atoms with van der Waals surface area (Å²) in [7, 11) is 0. The molecule has 0 nitrogen and oxygen atoms in total. The van der Waals surface area contributed by atoms with E-state index in [2.05, 4.69) is 96.0 Å². The van der Waals surface area contributed by atoms with Gasteiger partial charge in [0, 0.05) is 0 Å². The molecule has 0 saturated heterocycles. The quantitative estimate of drug-likeness (QED) is 0.363. The van der Waals surface area contributed by atoms with Gasteiger partial charge in [0.1, 0.15) is 0 Å². The van der Waals surface area contributed by atoms with Gasteiger partial charge in [-0.25, -0.2) is 0 Å². The number of hydrogen-bond donors (Lipinski definition) is 0. The number of benzene rings is 2. The van der Waals surface area contributed by atoms with Crippen molar-refractivity contribution in [2.45, 2.75) is 43.9 Å². The molecule has 1 heteroatoms. The van der Waals surface area contributed by atoms with E-state index in [1.54, 1.807) is 11.1 Å². The van der Waals surface area contributed by atoms with E-state index in [1.807, 2.05) is 0 Å². The van der Waals surface area contributed by atoms with Crippen LogP contribution < -0.4 is 0 Å². The minimum atomic E-state index is 0.585. The fourth-order valence-electron chi connectivity index (χ4n) is 5.09. The highest BCUT2D eigenvalue weighted by molar-refractivity contribution is 14.1. The van der Waals surface area contributed by atoms with Gasteiger partial charge < -0.3 is 0 Å². The molecule has 2 aromatic carbocycles. The number of hydrogen-bond acceptors (Lipinski definition) is 0. The summed E-state index contributed by atoms with van der Waals surface area (Å²) < 4.78 is 1.41. The van der Waals surface area contributed by atoms with Gasteiger partial charge in [-0.2, -0.15) is 0 Å². The highest BCUT2D eigenvalue weighted by Crippen LogP contribution is 2.48. The Hall–Kier alpha value is -1.87. The average Bonchev–Trinajstić information content (AvgIpc) is 2.71. The van der Waals surface area contributed by atoms with Crippen LogP contribution in [0.4, 0.5) is 0 Å². The zero-order valence-electron chi connectivity index (χ0n) is 16.1. The van der Waals surface area contributed by atoms with E-state index in [-0.39, 0.29) is 0 Å². The van der Waals surface area contributed by atoms with Gasteiger partial charge in [-0.15, -0.1) is 0 Å². The second-order valence-corrected chi connectivity index (χ2v) is 9.67. The van der Waals surface area contributed by atoms with Gasteiger partial charge in [-0.3, -0.25) is 0 Å². The third kappa shape index (κ3) is 3.34. The van der Waals surface area contributed by atoms with Gasteiger partial charge in [0.15, 0.2) is 0 Å². The third-order valence-corrected chi connectivity index (χ3v) is 7.10. The van der Waals surface area contributed by atoms with E-state index >= 15 is 0 Å². The van der Waals surface area contributed by atoms with E-state index in [0.29, 0.717) is 11.8 Å². The number of halogens is 1. The lowest BCUT2D eigenvalue weighted by Crippen LogP contribution is -2.15. The van der Waals surface area contributed by atoms with Crippen LogP contribution in [0.2, 0.25) is 0 Å². The third-order valence-electron chi connectivity index (χ3n) is 6.35. The SMILES string of the molecule is C=C1/C=C\CC2CC(C/C(I)=C\1)c1cccc3cc(C4=CCCC=C4)cc2c13. The van der Waals surface area contributed by atoms with Gasteiger partial charge >= 0.3 is 0 Å². The van der Waals surface area contributed by atoms with Crippen molar-refractivity contribution in [3.05, 3.63) is 99.2 Å². The molecular formula is C27H25I. The van der Waals surface area contributed by atoms with Crippen molar-refractivity contribution < 1.29 is 0 Å². The molecule has 0 heterocycles. The van der Waals surface area contributed by atoms with Crippen molar-refractivity contribution in [3.63, 3.8) is 0 Å². The molecular weight excluding hydrogens is 451 g/mol. The zero-order valence-corrected chi connectivity index (χ0v) is 18.3. The summed E-state index contributed by atoms with van der Waals surface area (Å²) in [5.41, 5.74) is 6.98. The van der Waals surface area contributed by atoms with E-state index in [0.717, 1.165) is 24.8 Å². The number of fused-ring (bicyclic) bond motifs is 4. The molecule has 0 fully saturated rings. The van der Waals surface area contributed by atoms with Crippen molar-refractivity contribution in [1.29, 1.82) is 0 Å². The molecule has 140 valence electrons. The Morgan fingerprint density at radius 1 is 0.964 bits per heavy atom. The molecule has 0 aliphatic heterocycles. The monoisotopic (exact) mass is 476 g/mol. The van der Waals surface area contributed by atoms with Crippen LogP contribution in [0.5, 0.6) is 0 Å². The standard InChI is InChI=1S/C27H25I/c1-18-7-5-10-20-14-23(16-24(28)13-18)25-12-6-11-21-15-22(17-26(20)27(21)25)19-8-3-2-4-9-19/h3,5-9,11-13,15,17,20,23H,1-2,4,10,14,16H2/b7-5-,24-13+. The van der Waals surface area contributed by atoms with Crippen LogP contribution in [0.1, 0.15) is 60.6 Å². The van der Waals surface area contributed by atoms with Gasteiger partial charge in [0.05, 0.1) is 0 Å². The summed E-state index contributed by atoms with van der Waals surface area (Å²) in [6.07, 6.45) is 19.6. The van der Waals surface area contributed by atoms with Crippen LogP contribution in [-0.2, 0) is 0 Å². The largest absolute Gasteiger partial charge is 0.0917 e. The first-order chi connectivity index (χ1) is 13.7. The topological polar surface area (TPSA) is 0 Å². The van der Waals surface area contributed by atoms with Gasteiger partial charge in [0.25, 0.3) is 0 Å². The van der Waals surface area contributed by atoms with E-state index in [9.17, 15) is 0 Å². The summed E-state index contributed by atoms with van der Waals surface area (Å²) >= 11 is 2.51. The fourth-order valence-corrected chi connectivity index (χ4v) is 6.02. The van der Waals surface area contributed by atoms with E-state index < -0.39 is 0 Å². The highest BCUT2D eigenvalue weighted by Gasteiger charge is 2.29. The molecule has 3 aliphatic rings. The van der Waals surface area contributed by atoms with E-state index in [4.69, 9.17) is 0 Å². The van der Waals surface area contributed by atoms with Crippen LogP contribution in [0.15, 0.2) is 82.5 Å². The molecule has 3 aliphatic carbocycles. The minimum Gasteiger partial charge on any atom is -0.0917 e. The Balaban J connectivity index is 1.71. The second kappa shape index (κ2) is 7.51. The van der Waals surface area contributed by atoms with Crippen LogP contribution in [0.25, 0.3) is 16.3 Å². The van der Waals surface area contributed by atoms with Crippen LogP contribution in [0, 0.1) is 0 Å². The lowest BCUT2D eigenvalue weighted by atomic mass is 9.72. The summed E-state index contributed by atoms with van der Waals surface area (Å²) in [6, 6.07) is 11.8. The Kier molecular flexibility index (Phi) is 4.88. The molecule has 0 N–H and O–H groups in total. The molecule has 5 rings (SSSR count). The lowest BCUT2D eigenvalue weighted by Gasteiger charge is -2.33. The van der Waals surface area contributed by atoms with Crippen molar-refractivity contribution in [3.8, 4) is 0 Å². The van der Waals surface area contributed by atoms with Gasteiger partial charge in [-0.05, 0) is 121 Å². The zero-order chi connectivity index (χ0) is 19.1. The Morgan fingerprint density at radius 2 is 1.89 bits per heavy atom. The fraction of sp³-hybridized carbons (Fsp3) is 0.259. The molecule has 2 unspecified atom stereocenters. The first-order valence-electron chi connectivity index (χ1n) is 10.3. The highest BCUT2D eigenvalue weighted by atomic mass is 127. The van der Waals surface area contributed by atoms with E-state index in [1.165, 1.54) is 38.3 Å². The number of allylic oxidation sites excluding steroid dienone is 9. The maximum absolute atomic E-state index is 4.21. The Labute approximate surface area is 181 Å².